The second-order valence-corrected chi connectivity index (χ2v) is 18.9. The van der Waals surface area contributed by atoms with Crippen molar-refractivity contribution in [2.24, 2.45) is 56.7 Å². The average Bonchev–Trinajstić information content (AvgIpc) is 3.82. The Morgan fingerprint density at radius 2 is 1.67 bits per heavy atom. The topological polar surface area (TPSA) is 69.2 Å². The molecule has 1 amide bonds. The second kappa shape index (κ2) is 11.0. The molecule has 48 heavy (non-hydrogen) atoms. The molecule has 1 aromatic carbocycles. The first-order valence-electron chi connectivity index (χ1n) is 19.5. The minimum Gasteiger partial charge on any atom is -0.393 e. The monoisotopic (exact) mass is 651 g/mol. The van der Waals surface area contributed by atoms with Crippen LogP contribution >= 0.6 is 0 Å². The van der Waals surface area contributed by atoms with E-state index in [0.717, 1.165) is 75.0 Å². The fourth-order valence-corrected chi connectivity index (χ4v) is 14.4. The lowest BCUT2D eigenvalue weighted by atomic mass is 9.32. The molecule has 2 aromatic rings. The number of rotatable bonds is 4. The highest BCUT2D eigenvalue weighted by molar-refractivity contribution is 5.84. The van der Waals surface area contributed by atoms with Gasteiger partial charge in [0, 0.05) is 6.54 Å². The van der Waals surface area contributed by atoms with E-state index in [1.165, 1.54) is 31.3 Å². The predicted molar refractivity (Wildman–Crippen MR) is 193 cm³/mol. The van der Waals surface area contributed by atoms with E-state index in [9.17, 15) is 5.11 Å². The molecule has 8 rings (SSSR count). The standard InChI is InChI=1S/C43H61N3O2/c1-27(2)29-17-22-43(38(48)46-25-11-14-32(46)37-44-26-31(45-37)28-12-9-8-10-13-28)24-23-41(6)30(36(29)43)15-16-34-40(5)20-19-35(47)39(3,4)33(40)18-21-42(34,41)7/h8-10,12-13,26,29-30,32-36,47H,1,11,14-25H2,2-7H3,(H,44,45). The van der Waals surface area contributed by atoms with Gasteiger partial charge >= 0.3 is 0 Å². The highest BCUT2D eigenvalue weighted by Gasteiger charge is 2.72. The number of carbonyl (C=O) groups is 1. The molecule has 260 valence electrons. The summed E-state index contributed by atoms with van der Waals surface area (Å²) in [5, 5.41) is 11.1. The van der Waals surface area contributed by atoms with Crippen molar-refractivity contribution < 1.29 is 9.90 Å². The van der Waals surface area contributed by atoms with Crippen LogP contribution in [-0.4, -0.2) is 38.5 Å². The maximum atomic E-state index is 15.3. The summed E-state index contributed by atoms with van der Waals surface area (Å²) in [6.07, 6.45) is 15.1. The van der Waals surface area contributed by atoms with Crippen molar-refractivity contribution in [2.75, 3.05) is 6.54 Å². The van der Waals surface area contributed by atoms with Crippen LogP contribution in [0.5, 0.6) is 0 Å². The minimum absolute atomic E-state index is 0.0238. The van der Waals surface area contributed by atoms with Gasteiger partial charge in [-0.25, -0.2) is 4.98 Å². The fraction of sp³-hybridized carbons (Fsp3) is 0.721. The summed E-state index contributed by atoms with van der Waals surface area (Å²) >= 11 is 0. The summed E-state index contributed by atoms with van der Waals surface area (Å²) in [5.74, 6) is 3.94. The highest BCUT2D eigenvalue weighted by Crippen LogP contribution is 2.77. The Morgan fingerprint density at radius 1 is 0.896 bits per heavy atom. The van der Waals surface area contributed by atoms with Gasteiger partial charge in [0.25, 0.3) is 0 Å². The van der Waals surface area contributed by atoms with Crippen molar-refractivity contribution in [3.8, 4) is 11.3 Å². The Labute approximate surface area is 289 Å². The lowest BCUT2D eigenvalue weighted by molar-refractivity contribution is -0.247. The van der Waals surface area contributed by atoms with E-state index < -0.39 is 0 Å². The predicted octanol–water partition coefficient (Wildman–Crippen LogP) is 9.76. The molecule has 5 nitrogen and oxygen atoms in total. The number of imidazole rings is 1. The van der Waals surface area contributed by atoms with E-state index in [-0.39, 0.29) is 39.2 Å². The number of carbonyl (C=O) groups excluding carboxylic acids is 1. The molecule has 1 saturated heterocycles. The van der Waals surface area contributed by atoms with E-state index in [1.807, 2.05) is 12.3 Å². The molecule has 5 aliphatic carbocycles. The van der Waals surface area contributed by atoms with Crippen LogP contribution in [0.25, 0.3) is 11.3 Å². The number of nitrogens with zero attached hydrogens (tertiary/aromatic N) is 2. The van der Waals surface area contributed by atoms with Gasteiger partial charge < -0.3 is 15.0 Å². The number of fused-ring (bicyclic) bond motifs is 7. The maximum absolute atomic E-state index is 15.3. The van der Waals surface area contributed by atoms with Gasteiger partial charge in [-0.2, -0.15) is 0 Å². The molecule has 0 spiro atoms. The first kappa shape index (κ1) is 32.8. The molecule has 0 bridgehead atoms. The normalized spacial score (nSPS) is 44.7. The van der Waals surface area contributed by atoms with E-state index in [4.69, 9.17) is 4.98 Å². The third kappa shape index (κ3) is 4.30. The van der Waals surface area contributed by atoms with Gasteiger partial charge in [0.1, 0.15) is 5.82 Å². The van der Waals surface area contributed by atoms with Gasteiger partial charge in [0.2, 0.25) is 5.91 Å². The minimum atomic E-state index is -0.299. The van der Waals surface area contributed by atoms with Gasteiger partial charge in [-0.1, -0.05) is 77.1 Å². The van der Waals surface area contributed by atoms with Crippen molar-refractivity contribution in [3.05, 3.63) is 54.5 Å². The van der Waals surface area contributed by atoms with Crippen LogP contribution in [0.2, 0.25) is 0 Å². The molecule has 11 atom stereocenters. The molecule has 5 saturated carbocycles. The number of hydrogen-bond acceptors (Lipinski definition) is 3. The van der Waals surface area contributed by atoms with E-state index in [2.05, 4.69) is 82.3 Å². The number of amides is 1. The number of hydrogen-bond donors (Lipinski definition) is 2. The number of benzene rings is 1. The van der Waals surface area contributed by atoms with Crippen LogP contribution in [0.1, 0.15) is 130 Å². The van der Waals surface area contributed by atoms with Crippen molar-refractivity contribution in [3.63, 3.8) is 0 Å². The van der Waals surface area contributed by atoms with Crippen molar-refractivity contribution in [2.45, 2.75) is 131 Å². The third-order valence-electron chi connectivity index (χ3n) is 17.0. The molecule has 2 heterocycles. The van der Waals surface area contributed by atoms with Crippen LogP contribution in [-0.2, 0) is 4.79 Å². The zero-order valence-corrected chi connectivity index (χ0v) is 30.7. The molecular formula is C43H61N3O2. The third-order valence-corrected chi connectivity index (χ3v) is 17.0. The Hall–Kier alpha value is -2.40. The highest BCUT2D eigenvalue weighted by atomic mass is 16.3. The average molecular weight is 652 g/mol. The van der Waals surface area contributed by atoms with Crippen molar-refractivity contribution in [1.82, 2.24) is 14.9 Å². The zero-order chi connectivity index (χ0) is 33.9. The molecule has 11 unspecified atom stereocenters. The summed E-state index contributed by atoms with van der Waals surface area (Å²) in [6, 6.07) is 10.4. The summed E-state index contributed by atoms with van der Waals surface area (Å²) < 4.78 is 0. The lowest BCUT2D eigenvalue weighted by Crippen LogP contribution is -2.67. The number of aliphatic hydroxyl groups is 1. The summed E-state index contributed by atoms with van der Waals surface area (Å²) in [4.78, 5) is 26.1. The molecule has 6 fully saturated rings. The first-order chi connectivity index (χ1) is 22.8. The van der Waals surface area contributed by atoms with Crippen LogP contribution in [0, 0.1) is 56.7 Å². The number of likely N-dealkylation sites (tertiary alicyclic amines) is 1. The van der Waals surface area contributed by atoms with E-state index in [1.54, 1.807) is 0 Å². The zero-order valence-electron chi connectivity index (χ0n) is 30.7. The fourth-order valence-electron chi connectivity index (χ4n) is 14.4. The quantitative estimate of drug-likeness (QED) is 0.324. The largest absolute Gasteiger partial charge is 0.393 e. The van der Waals surface area contributed by atoms with Crippen molar-refractivity contribution in [1.29, 1.82) is 0 Å². The van der Waals surface area contributed by atoms with Gasteiger partial charge in [0.15, 0.2) is 0 Å². The Balaban J connectivity index is 1.12. The van der Waals surface area contributed by atoms with Crippen molar-refractivity contribution >= 4 is 5.91 Å². The van der Waals surface area contributed by atoms with Gasteiger partial charge in [-0.05, 0) is 141 Å². The van der Waals surface area contributed by atoms with Crippen LogP contribution in [0.3, 0.4) is 0 Å². The Bertz CT molecular complexity index is 1580. The lowest BCUT2D eigenvalue weighted by Gasteiger charge is -2.73. The number of aliphatic hydroxyl groups excluding tert-OH is 1. The maximum Gasteiger partial charge on any atom is 0.229 e. The van der Waals surface area contributed by atoms with Gasteiger partial charge in [0.05, 0.1) is 29.5 Å². The van der Waals surface area contributed by atoms with Gasteiger partial charge in [-0.3, -0.25) is 4.79 Å². The Kier molecular flexibility index (Phi) is 7.55. The number of aromatic amines is 1. The number of aromatic nitrogens is 2. The van der Waals surface area contributed by atoms with Gasteiger partial charge in [-0.15, -0.1) is 0 Å². The number of H-pyrrole nitrogens is 1. The summed E-state index contributed by atoms with van der Waals surface area (Å²) in [6.45, 7) is 20.3. The van der Waals surface area contributed by atoms with E-state index in [0.29, 0.717) is 35.5 Å². The molecule has 1 aromatic heterocycles. The van der Waals surface area contributed by atoms with Crippen LogP contribution in [0.4, 0.5) is 0 Å². The molecule has 0 radical (unpaired) electrons. The Morgan fingerprint density at radius 3 is 2.42 bits per heavy atom. The molecule has 5 heteroatoms. The van der Waals surface area contributed by atoms with Crippen LogP contribution in [0.15, 0.2) is 48.7 Å². The number of nitrogens with one attached hydrogen (secondary N) is 1. The molecular weight excluding hydrogens is 590 g/mol. The number of allylic oxidation sites excluding steroid dienone is 1. The molecule has 2 N–H and O–H groups in total. The summed E-state index contributed by atoms with van der Waals surface area (Å²) in [7, 11) is 0. The molecule has 1 aliphatic heterocycles. The smallest absolute Gasteiger partial charge is 0.229 e. The molecule has 6 aliphatic rings. The van der Waals surface area contributed by atoms with E-state index >= 15 is 4.79 Å². The first-order valence-corrected chi connectivity index (χ1v) is 19.5. The SMILES string of the molecule is C=C(C)C1CCC2(C(=O)N3CCCC3c3ncc(-c4ccccc4)[nH]3)CCC3(C)C(CCC4C5(C)CCC(O)C(C)(C)C5CCC43C)C12. The second-order valence-electron chi connectivity index (χ2n) is 18.9. The van der Waals surface area contributed by atoms with Crippen LogP contribution < -0.4 is 0 Å². The summed E-state index contributed by atoms with van der Waals surface area (Å²) in [5.41, 5.74) is 3.84.